The topological polar surface area (TPSA) is 48.1 Å². The van der Waals surface area contributed by atoms with E-state index in [0.717, 1.165) is 23.0 Å². The van der Waals surface area contributed by atoms with Gasteiger partial charge in [0.15, 0.2) is 0 Å². The second-order valence-electron chi connectivity index (χ2n) is 5.29. The molecule has 0 unspecified atom stereocenters. The quantitative estimate of drug-likeness (QED) is 0.607. The molecular weight excluding hydrogens is 228 g/mol. The number of nitro benzene ring substituents is 1. The van der Waals surface area contributed by atoms with Crippen LogP contribution in [0.4, 0.5) is 5.69 Å². The Balaban J connectivity index is 2.70. The zero-order chi connectivity index (χ0) is 13.5. The van der Waals surface area contributed by atoms with Crippen LogP contribution in [0.5, 0.6) is 0 Å². The number of hydrogen-bond donors (Lipinski definition) is 0. The zero-order valence-electron chi connectivity index (χ0n) is 11.2. The molecule has 0 atom stereocenters. The van der Waals surface area contributed by atoms with Gasteiger partial charge in [-0.2, -0.15) is 0 Å². The SMILES string of the molecule is CCC(C)(C)n1c(C)cc2cc([N+](=O)[O-])ccc21. The Bertz CT molecular complexity index is 612. The number of fused-ring (bicyclic) bond motifs is 1. The highest BCUT2D eigenvalue weighted by Gasteiger charge is 2.22. The van der Waals surface area contributed by atoms with Gasteiger partial charge in [-0.3, -0.25) is 10.1 Å². The lowest BCUT2D eigenvalue weighted by Crippen LogP contribution is -2.25. The number of hydrogen-bond acceptors (Lipinski definition) is 2. The summed E-state index contributed by atoms with van der Waals surface area (Å²) in [4.78, 5) is 10.4. The number of nitro groups is 1. The molecule has 0 spiro atoms. The monoisotopic (exact) mass is 246 g/mol. The van der Waals surface area contributed by atoms with Gasteiger partial charge in [-0.05, 0) is 39.3 Å². The fraction of sp³-hybridized carbons (Fsp3) is 0.429. The third kappa shape index (κ3) is 1.88. The average Bonchev–Trinajstić information content (AvgIpc) is 2.64. The van der Waals surface area contributed by atoms with Crippen LogP contribution in [0.25, 0.3) is 10.9 Å². The molecule has 0 aliphatic rings. The predicted molar refractivity (Wildman–Crippen MR) is 72.9 cm³/mol. The van der Waals surface area contributed by atoms with Gasteiger partial charge in [-0.1, -0.05) is 6.92 Å². The molecule has 1 aromatic carbocycles. The molecule has 1 aromatic heterocycles. The van der Waals surface area contributed by atoms with Crippen LogP contribution in [-0.2, 0) is 5.54 Å². The first-order chi connectivity index (χ1) is 8.36. The molecule has 2 aromatic rings. The number of nitrogens with zero attached hydrogens (tertiary/aromatic N) is 2. The first-order valence-corrected chi connectivity index (χ1v) is 6.14. The van der Waals surface area contributed by atoms with E-state index in [1.807, 2.05) is 19.1 Å². The van der Waals surface area contributed by atoms with Crippen molar-refractivity contribution in [2.45, 2.75) is 39.7 Å². The standard InChI is InChI=1S/C14H18N2O2/c1-5-14(3,4)15-10(2)8-11-9-12(16(17)18)6-7-13(11)15/h6-9H,5H2,1-4H3. The third-order valence-corrected chi connectivity index (χ3v) is 3.65. The lowest BCUT2D eigenvalue weighted by molar-refractivity contribution is -0.384. The minimum Gasteiger partial charge on any atom is -0.339 e. The summed E-state index contributed by atoms with van der Waals surface area (Å²) >= 11 is 0. The zero-order valence-corrected chi connectivity index (χ0v) is 11.2. The molecule has 4 nitrogen and oxygen atoms in total. The van der Waals surface area contributed by atoms with Crippen LogP contribution < -0.4 is 0 Å². The van der Waals surface area contributed by atoms with Crippen molar-refractivity contribution in [3.63, 3.8) is 0 Å². The van der Waals surface area contributed by atoms with Crippen molar-refractivity contribution in [3.8, 4) is 0 Å². The number of aryl methyl sites for hydroxylation is 1. The van der Waals surface area contributed by atoms with Gasteiger partial charge in [-0.25, -0.2) is 0 Å². The summed E-state index contributed by atoms with van der Waals surface area (Å²) in [5.74, 6) is 0. The fourth-order valence-electron chi connectivity index (χ4n) is 2.42. The van der Waals surface area contributed by atoms with Gasteiger partial charge < -0.3 is 4.57 Å². The van der Waals surface area contributed by atoms with E-state index in [1.54, 1.807) is 12.1 Å². The normalized spacial score (nSPS) is 12.0. The van der Waals surface area contributed by atoms with Crippen molar-refractivity contribution >= 4 is 16.6 Å². The Hall–Kier alpha value is -1.84. The molecule has 18 heavy (non-hydrogen) atoms. The molecule has 0 saturated heterocycles. The van der Waals surface area contributed by atoms with E-state index in [0.29, 0.717) is 0 Å². The summed E-state index contributed by atoms with van der Waals surface area (Å²) in [6, 6.07) is 7.08. The molecule has 0 aliphatic carbocycles. The molecule has 0 saturated carbocycles. The molecule has 0 bridgehead atoms. The van der Waals surface area contributed by atoms with E-state index >= 15 is 0 Å². The van der Waals surface area contributed by atoms with Gasteiger partial charge >= 0.3 is 0 Å². The molecule has 0 radical (unpaired) electrons. The first-order valence-electron chi connectivity index (χ1n) is 6.14. The number of benzene rings is 1. The van der Waals surface area contributed by atoms with E-state index in [1.165, 1.54) is 0 Å². The minimum absolute atomic E-state index is 0.0158. The van der Waals surface area contributed by atoms with Crippen molar-refractivity contribution in [3.05, 3.63) is 40.1 Å². The van der Waals surface area contributed by atoms with Crippen molar-refractivity contribution < 1.29 is 4.92 Å². The van der Waals surface area contributed by atoms with Crippen LogP contribution >= 0.6 is 0 Å². The number of rotatable bonds is 3. The molecular formula is C14H18N2O2. The summed E-state index contributed by atoms with van der Waals surface area (Å²) in [6.45, 7) is 8.56. The Morgan fingerprint density at radius 3 is 2.56 bits per heavy atom. The van der Waals surface area contributed by atoms with Crippen LogP contribution in [0.3, 0.4) is 0 Å². The van der Waals surface area contributed by atoms with Gasteiger partial charge in [-0.15, -0.1) is 0 Å². The fourth-order valence-corrected chi connectivity index (χ4v) is 2.42. The summed E-state index contributed by atoms with van der Waals surface area (Å²) in [7, 11) is 0. The van der Waals surface area contributed by atoms with Crippen LogP contribution in [0.15, 0.2) is 24.3 Å². The van der Waals surface area contributed by atoms with Crippen LogP contribution in [0.1, 0.15) is 32.9 Å². The second kappa shape index (κ2) is 4.12. The highest BCUT2D eigenvalue weighted by molar-refractivity contribution is 5.84. The van der Waals surface area contributed by atoms with Crippen LogP contribution in [0, 0.1) is 17.0 Å². The Morgan fingerprint density at radius 1 is 1.33 bits per heavy atom. The third-order valence-electron chi connectivity index (χ3n) is 3.65. The van der Waals surface area contributed by atoms with E-state index in [2.05, 4.69) is 25.3 Å². The largest absolute Gasteiger partial charge is 0.339 e. The Morgan fingerprint density at radius 2 is 2.00 bits per heavy atom. The molecule has 0 amide bonds. The van der Waals surface area contributed by atoms with Crippen molar-refractivity contribution in [2.75, 3.05) is 0 Å². The Labute approximate surface area is 106 Å². The molecule has 4 heteroatoms. The molecule has 0 fully saturated rings. The molecule has 2 rings (SSSR count). The number of non-ortho nitro benzene ring substituents is 1. The highest BCUT2D eigenvalue weighted by atomic mass is 16.6. The molecule has 1 heterocycles. The molecule has 96 valence electrons. The summed E-state index contributed by atoms with van der Waals surface area (Å²) in [5.41, 5.74) is 2.36. The minimum atomic E-state index is -0.350. The molecule has 0 aliphatic heterocycles. The van der Waals surface area contributed by atoms with Crippen LogP contribution in [0.2, 0.25) is 0 Å². The Kier molecular flexibility index (Phi) is 2.89. The summed E-state index contributed by atoms with van der Waals surface area (Å²) in [5, 5.41) is 11.7. The lowest BCUT2D eigenvalue weighted by atomic mass is 10.0. The van der Waals surface area contributed by atoms with Gasteiger partial charge in [0.1, 0.15) is 0 Å². The first kappa shape index (κ1) is 12.6. The van der Waals surface area contributed by atoms with E-state index < -0.39 is 0 Å². The van der Waals surface area contributed by atoms with Gasteiger partial charge in [0, 0.05) is 34.3 Å². The maximum Gasteiger partial charge on any atom is 0.270 e. The summed E-state index contributed by atoms with van der Waals surface area (Å²) in [6.07, 6.45) is 1.01. The van der Waals surface area contributed by atoms with Gasteiger partial charge in [0.05, 0.1) is 4.92 Å². The molecule has 0 N–H and O–H groups in total. The van der Waals surface area contributed by atoms with Crippen molar-refractivity contribution in [2.24, 2.45) is 0 Å². The van der Waals surface area contributed by atoms with Crippen molar-refractivity contribution in [1.29, 1.82) is 0 Å². The van der Waals surface area contributed by atoms with E-state index in [-0.39, 0.29) is 16.1 Å². The smallest absolute Gasteiger partial charge is 0.270 e. The maximum absolute atomic E-state index is 10.8. The van der Waals surface area contributed by atoms with E-state index in [9.17, 15) is 10.1 Å². The predicted octanol–water partition coefficient (Wildman–Crippen LogP) is 4.00. The average molecular weight is 246 g/mol. The highest BCUT2D eigenvalue weighted by Crippen LogP contribution is 2.31. The lowest BCUT2D eigenvalue weighted by Gasteiger charge is -2.28. The van der Waals surface area contributed by atoms with Gasteiger partial charge in [0.2, 0.25) is 0 Å². The van der Waals surface area contributed by atoms with Crippen molar-refractivity contribution in [1.82, 2.24) is 4.57 Å². The maximum atomic E-state index is 10.8. The summed E-state index contributed by atoms with van der Waals surface area (Å²) < 4.78 is 2.26. The number of aromatic nitrogens is 1. The van der Waals surface area contributed by atoms with Gasteiger partial charge in [0.25, 0.3) is 5.69 Å². The second-order valence-corrected chi connectivity index (χ2v) is 5.29. The van der Waals surface area contributed by atoms with E-state index in [4.69, 9.17) is 0 Å². The van der Waals surface area contributed by atoms with Crippen LogP contribution in [-0.4, -0.2) is 9.49 Å².